The number of aliphatic hydroxyl groups excluding tert-OH is 1. The summed E-state index contributed by atoms with van der Waals surface area (Å²) in [6.45, 7) is 3.95. The molecule has 0 bridgehead atoms. The van der Waals surface area contributed by atoms with Crippen LogP contribution >= 0.6 is 22.9 Å². The Kier molecular flexibility index (Phi) is 4.75. The first-order chi connectivity index (χ1) is 9.43. The summed E-state index contributed by atoms with van der Waals surface area (Å²) in [5.41, 5.74) is 7.21. The summed E-state index contributed by atoms with van der Waals surface area (Å²) in [7, 11) is 0. The van der Waals surface area contributed by atoms with Crippen LogP contribution in [0.5, 0.6) is 0 Å². The quantitative estimate of drug-likeness (QED) is 0.910. The Bertz CT molecular complexity index is 617. The van der Waals surface area contributed by atoms with Gasteiger partial charge in [-0.2, -0.15) is 0 Å². The van der Waals surface area contributed by atoms with Crippen molar-refractivity contribution < 1.29 is 9.50 Å². The molecule has 6 heteroatoms. The zero-order valence-electron chi connectivity index (χ0n) is 11.2. The number of aryl methyl sites for hydroxylation is 2. The fraction of sp³-hybridized carbons (Fsp3) is 0.357. The predicted molar refractivity (Wildman–Crippen MR) is 79.8 cm³/mol. The second-order valence-electron chi connectivity index (χ2n) is 4.64. The molecule has 3 N–H and O–H groups in total. The van der Waals surface area contributed by atoms with E-state index < -0.39 is 11.9 Å². The van der Waals surface area contributed by atoms with E-state index in [9.17, 15) is 9.50 Å². The van der Waals surface area contributed by atoms with Crippen molar-refractivity contribution in [3.63, 3.8) is 0 Å². The number of benzene rings is 1. The third-order valence-corrected chi connectivity index (χ3v) is 4.68. The predicted octanol–water partition coefficient (Wildman–Crippen LogP) is 3.33. The van der Waals surface area contributed by atoms with Crippen LogP contribution in [-0.2, 0) is 0 Å². The first kappa shape index (κ1) is 15.4. The van der Waals surface area contributed by atoms with Gasteiger partial charge in [-0.25, -0.2) is 9.37 Å². The third kappa shape index (κ3) is 3.01. The van der Waals surface area contributed by atoms with E-state index in [2.05, 4.69) is 4.98 Å². The normalized spacial score (nSPS) is 14.3. The number of halogens is 2. The van der Waals surface area contributed by atoms with Gasteiger partial charge in [0.2, 0.25) is 0 Å². The molecule has 2 aromatic rings. The summed E-state index contributed by atoms with van der Waals surface area (Å²) in [6.07, 6.45) is -0.797. The number of nitrogens with zero attached hydrogens (tertiary/aromatic N) is 1. The molecule has 0 aliphatic heterocycles. The smallest absolute Gasteiger partial charge is 0.124 e. The highest BCUT2D eigenvalue weighted by atomic mass is 35.5. The molecule has 20 heavy (non-hydrogen) atoms. The van der Waals surface area contributed by atoms with Gasteiger partial charge in [-0.1, -0.05) is 17.7 Å². The van der Waals surface area contributed by atoms with E-state index in [1.807, 2.05) is 13.8 Å². The van der Waals surface area contributed by atoms with Crippen LogP contribution in [0.1, 0.15) is 33.2 Å². The lowest BCUT2D eigenvalue weighted by Gasteiger charge is -2.22. The number of hydrogen-bond donors (Lipinski definition) is 2. The summed E-state index contributed by atoms with van der Waals surface area (Å²) in [4.78, 5) is 5.08. The molecule has 0 aliphatic carbocycles. The lowest BCUT2D eigenvalue weighted by atomic mass is 9.92. The van der Waals surface area contributed by atoms with Crippen molar-refractivity contribution >= 4 is 22.9 Å². The summed E-state index contributed by atoms with van der Waals surface area (Å²) in [5.74, 6) is -0.796. The Balaban J connectivity index is 2.39. The SMILES string of the molecule is Cc1nc(C)c(C(O)C(CN)c2ccc(F)cc2Cl)s1. The molecule has 0 saturated heterocycles. The number of aromatic nitrogens is 1. The highest BCUT2D eigenvalue weighted by Gasteiger charge is 2.26. The molecule has 108 valence electrons. The van der Waals surface area contributed by atoms with Crippen molar-refractivity contribution in [3.05, 3.63) is 50.2 Å². The van der Waals surface area contributed by atoms with Gasteiger partial charge in [0.25, 0.3) is 0 Å². The van der Waals surface area contributed by atoms with Gasteiger partial charge in [-0.3, -0.25) is 0 Å². The summed E-state index contributed by atoms with van der Waals surface area (Å²) < 4.78 is 13.1. The van der Waals surface area contributed by atoms with Gasteiger partial charge in [-0.05, 0) is 31.5 Å². The number of rotatable bonds is 4. The molecule has 2 atom stereocenters. The third-order valence-electron chi connectivity index (χ3n) is 3.21. The van der Waals surface area contributed by atoms with Gasteiger partial charge in [0.15, 0.2) is 0 Å². The van der Waals surface area contributed by atoms with E-state index in [-0.39, 0.29) is 17.5 Å². The van der Waals surface area contributed by atoms with E-state index in [4.69, 9.17) is 17.3 Å². The maximum atomic E-state index is 13.1. The van der Waals surface area contributed by atoms with E-state index in [1.54, 1.807) is 6.07 Å². The zero-order chi connectivity index (χ0) is 14.9. The van der Waals surface area contributed by atoms with Crippen LogP contribution in [0.4, 0.5) is 4.39 Å². The molecule has 1 aromatic heterocycles. The molecular formula is C14H16ClFN2OS. The topological polar surface area (TPSA) is 59.1 Å². The minimum atomic E-state index is -0.797. The minimum absolute atomic E-state index is 0.211. The summed E-state index contributed by atoms with van der Waals surface area (Å²) >= 11 is 7.50. The van der Waals surface area contributed by atoms with Crippen molar-refractivity contribution in [1.29, 1.82) is 0 Å². The van der Waals surface area contributed by atoms with E-state index in [1.165, 1.54) is 23.5 Å². The molecule has 2 unspecified atom stereocenters. The Morgan fingerprint density at radius 1 is 1.45 bits per heavy atom. The van der Waals surface area contributed by atoms with E-state index in [0.29, 0.717) is 5.56 Å². The fourth-order valence-corrected chi connectivity index (χ4v) is 3.52. The molecule has 2 rings (SSSR count). The molecule has 0 spiro atoms. The van der Waals surface area contributed by atoms with Crippen LogP contribution in [0.25, 0.3) is 0 Å². The van der Waals surface area contributed by atoms with Crippen LogP contribution in [0.2, 0.25) is 5.02 Å². The Labute approximate surface area is 126 Å². The van der Waals surface area contributed by atoms with Gasteiger partial charge in [-0.15, -0.1) is 11.3 Å². The average molecular weight is 315 g/mol. The van der Waals surface area contributed by atoms with Gasteiger partial charge < -0.3 is 10.8 Å². The second kappa shape index (κ2) is 6.18. The van der Waals surface area contributed by atoms with Crippen molar-refractivity contribution in [2.75, 3.05) is 6.54 Å². The number of hydrogen-bond acceptors (Lipinski definition) is 4. The average Bonchev–Trinajstić information content (AvgIpc) is 2.71. The largest absolute Gasteiger partial charge is 0.387 e. The maximum Gasteiger partial charge on any atom is 0.124 e. The van der Waals surface area contributed by atoms with Crippen LogP contribution in [0.15, 0.2) is 18.2 Å². The number of nitrogens with two attached hydrogens (primary N) is 1. The lowest BCUT2D eigenvalue weighted by molar-refractivity contribution is 0.150. The summed E-state index contributed by atoms with van der Waals surface area (Å²) in [6, 6.07) is 4.13. The first-order valence-electron chi connectivity index (χ1n) is 6.21. The van der Waals surface area contributed by atoms with Crippen molar-refractivity contribution in [2.45, 2.75) is 25.9 Å². The van der Waals surface area contributed by atoms with E-state index >= 15 is 0 Å². The van der Waals surface area contributed by atoms with E-state index in [0.717, 1.165) is 15.6 Å². The van der Waals surface area contributed by atoms with Gasteiger partial charge in [0.1, 0.15) is 5.82 Å². The maximum absolute atomic E-state index is 13.1. The highest BCUT2D eigenvalue weighted by molar-refractivity contribution is 7.11. The fourth-order valence-electron chi connectivity index (χ4n) is 2.23. The molecule has 1 heterocycles. The molecule has 3 nitrogen and oxygen atoms in total. The highest BCUT2D eigenvalue weighted by Crippen LogP contribution is 2.37. The molecule has 1 aromatic carbocycles. The van der Waals surface area contributed by atoms with Gasteiger partial charge in [0, 0.05) is 17.5 Å². The van der Waals surface area contributed by atoms with Gasteiger partial charge >= 0.3 is 0 Å². The van der Waals surface area contributed by atoms with Crippen LogP contribution in [0, 0.1) is 19.7 Å². The zero-order valence-corrected chi connectivity index (χ0v) is 12.8. The van der Waals surface area contributed by atoms with Crippen molar-refractivity contribution in [3.8, 4) is 0 Å². The molecule has 0 radical (unpaired) electrons. The second-order valence-corrected chi connectivity index (χ2v) is 6.28. The molecule has 0 fully saturated rings. The molecule has 0 amide bonds. The van der Waals surface area contributed by atoms with Crippen LogP contribution < -0.4 is 5.73 Å². The number of aliphatic hydroxyl groups is 1. The van der Waals surface area contributed by atoms with Gasteiger partial charge in [0.05, 0.1) is 21.7 Å². The Morgan fingerprint density at radius 2 is 2.15 bits per heavy atom. The molecular weight excluding hydrogens is 299 g/mol. The minimum Gasteiger partial charge on any atom is -0.387 e. The van der Waals surface area contributed by atoms with Crippen molar-refractivity contribution in [1.82, 2.24) is 4.98 Å². The lowest BCUT2D eigenvalue weighted by Crippen LogP contribution is -2.20. The summed E-state index contributed by atoms with van der Waals surface area (Å²) in [5, 5.41) is 11.7. The molecule has 0 saturated carbocycles. The van der Waals surface area contributed by atoms with Crippen molar-refractivity contribution in [2.24, 2.45) is 5.73 Å². The van der Waals surface area contributed by atoms with Crippen LogP contribution in [-0.4, -0.2) is 16.6 Å². The standard InChI is InChI=1S/C14H16ClFN2OS/c1-7-14(20-8(2)18-7)13(19)11(6-17)10-4-3-9(16)5-12(10)15/h3-5,11,13,19H,6,17H2,1-2H3. The Hall–Kier alpha value is -1.01. The first-order valence-corrected chi connectivity index (χ1v) is 7.40. The van der Waals surface area contributed by atoms with Crippen LogP contribution in [0.3, 0.4) is 0 Å². The molecule has 0 aliphatic rings. The number of thiazole rings is 1. The monoisotopic (exact) mass is 314 g/mol. The Morgan fingerprint density at radius 3 is 2.65 bits per heavy atom.